The molecule has 0 fully saturated rings. The Balaban J connectivity index is 4.34. The fourth-order valence-electron chi connectivity index (χ4n) is 2.09. The molecule has 0 saturated carbocycles. The second-order valence-corrected chi connectivity index (χ2v) is 9.83. The Bertz CT molecular complexity index is 461. The molecule has 5 nitrogen and oxygen atoms in total. The van der Waals surface area contributed by atoms with Crippen molar-refractivity contribution in [2.75, 3.05) is 13.0 Å². The van der Waals surface area contributed by atoms with Gasteiger partial charge in [-0.15, -0.1) is 0 Å². The van der Waals surface area contributed by atoms with Gasteiger partial charge in [0, 0.05) is 13.0 Å². The molecule has 0 aromatic carbocycles. The van der Waals surface area contributed by atoms with E-state index in [-0.39, 0.29) is 12.8 Å². The molecule has 7 heteroatoms. The summed E-state index contributed by atoms with van der Waals surface area (Å²) in [6, 6.07) is 0. The Morgan fingerprint density at radius 2 is 1.87 bits per heavy atom. The van der Waals surface area contributed by atoms with Crippen LogP contribution in [0.4, 0.5) is 0 Å². The number of unbranched alkanes of at least 4 members (excludes halogenated alkanes) is 1. The van der Waals surface area contributed by atoms with Crippen LogP contribution in [-0.4, -0.2) is 28.1 Å². The highest BCUT2D eigenvalue weighted by atomic mass is 31.2. The van der Waals surface area contributed by atoms with Gasteiger partial charge in [-0.05, 0) is 53.4 Å². The summed E-state index contributed by atoms with van der Waals surface area (Å²) in [7, 11) is -6.41. The molecule has 0 spiro atoms. The van der Waals surface area contributed by atoms with Crippen molar-refractivity contribution in [2.24, 2.45) is 0 Å². The summed E-state index contributed by atoms with van der Waals surface area (Å²) in [6.45, 7) is 8.37. The van der Waals surface area contributed by atoms with E-state index in [9.17, 15) is 18.9 Å². The second kappa shape index (κ2) is 12.1. The Kier molecular flexibility index (Phi) is 11.9. The maximum Gasteiger partial charge on any atom is 0.382 e. The van der Waals surface area contributed by atoms with Gasteiger partial charge < -0.3 is 14.5 Å². The standard InChI is InChI=1S/C16H30O5P2/c1-5-21-13-22(17)16(23(18,19)20)12-7-6-10-15(4)11-8-9-14(2)3/h9-10,16H,5-8,11-13H2,1-4H3,(H-,18,19,20)/p+1/b15-10+. The molecule has 2 N–H and O–H groups in total. The molecule has 0 bridgehead atoms. The Hall–Kier alpha value is -0.310. The highest BCUT2D eigenvalue weighted by Crippen LogP contribution is 2.55. The molecule has 0 amide bonds. The molecule has 134 valence electrons. The van der Waals surface area contributed by atoms with E-state index < -0.39 is 20.8 Å². The number of ether oxygens (including phenoxy) is 1. The average Bonchev–Trinajstić information content (AvgIpc) is 2.42. The van der Waals surface area contributed by atoms with E-state index in [1.807, 2.05) is 0 Å². The van der Waals surface area contributed by atoms with Crippen molar-refractivity contribution in [1.29, 1.82) is 0 Å². The third-order valence-corrected chi connectivity index (χ3v) is 7.46. The average molecular weight is 365 g/mol. The smallest absolute Gasteiger partial charge is 0.338 e. The second-order valence-electron chi connectivity index (χ2n) is 5.91. The van der Waals surface area contributed by atoms with Gasteiger partial charge in [-0.2, -0.15) is 0 Å². The molecule has 0 aliphatic carbocycles. The van der Waals surface area contributed by atoms with E-state index >= 15 is 0 Å². The van der Waals surface area contributed by atoms with Crippen molar-refractivity contribution in [2.45, 2.75) is 65.2 Å². The zero-order valence-corrected chi connectivity index (χ0v) is 16.5. The minimum Gasteiger partial charge on any atom is -0.338 e. The summed E-state index contributed by atoms with van der Waals surface area (Å²) in [5, 5.41) is -1.09. The molecule has 0 rings (SSSR count). The van der Waals surface area contributed by atoms with Gasteiger partial charge in [0.2, 0.25) is 6.35 Å². The van der Waals surface area contributed by atoms with Crippen LogP contribution in [0.3, 0.4) is 0 Å². The van der Waals surface area contributed by atoms with Crippen LogP contribution in [0.15, 0.2) is 23.3 Å². The van der Waals surface area contributed by atoms with Gasteiger partial charge in [0.25, 0.3) is 5.40 Å². The molecule has 0 aliphatic rings. The zero-order chi connectivity index (χ0) is 17.9. The van der Waals surface area contributed by atoms with Crippen molar-refractivity contribution >= 4 is 15.4 Å². The minimum absolute atomic E-state index is 0.0841. The van der Waals surface area contributed by atoms with Crippen LogP contribution in [0.5, 0.6) is 0 Å². The van der Waals surface area contributed by atoms with E-state index in [4.69, 9.17) is 4.74 Å². The van der Waals surface area contributed by atoms with Crippen molar-refractivity contribution in [3.05, 3.63) is 23.3 Å². The highest BCUT2D eigenvalue weighted by Gasteiger charge is 2.44. The van der Waals surface area contributed by atoms with E-state index in [0.717, 1.165) is 19.3 Å². The summed E-state index contributed by atoms with van der Waals surface area (Å²) < 4.78 is 28.5. The lowest BCUT2D eigenvalue weighted by Crippen LogP contribution is -2.06. The lowest BCUT2D eigenvalue weighted by atomic mass is 10.1. The fraction of sp³-hybridized carbons (Fsp3) is 0.750. The van der Waals surface area contributed by atoms with Gasteiger partial charge in [0.1, 0.15) is 0 Å². The molecular weight excluding hydrogens is 334 g/mol. The van der Waals surface area contributed by atoms with E-state index in [1.54, 1.807) is 6.92 Å². The quantitative estimate of drug-likeness (QED) is 0.283. The van der Waals surface area contributed by atoms with E-state index in [2.05, 4.69) is 32.9 Å². The first-order valence-corrected chi connectivity index (χ1v) is 11.2. The van der Waals surface area contributed by atoms with Crippen LogP contribution in [0.25, 0.3) is 0 Å². The maximum absolute atomic E-state index is 12.0. The topological polar surface area (TPSA) is 83.8 Å². The summed E-state index contributed by atoms with van der Waals surface area (Å²) in [5.74, 6) is 0. The first-order valence-electron chi connectivity index (χ1n) is 8.04. The predicted molar refractivity (Wildman–Crippen MR) is 96.2 cm³/mol. The number of hydrogen-bond donors (Lipinski definition) is 2. The van der Waals surface area contributed by atoms with Crippen molar-refractivity contribution in [3.63, 3.8) is 0 Å². The molecule has 0 aliphatic heterocycles. The fourth-order valence-corrected chi connectivity index (χ4v) is 5.15. The summed E-state index contributed by atoms with van der Waals surface area (Å²) in [6.07, 6.45) is 7.83. The third-order valence-electron chi connectivity index (χ3n) is 3.39. The largest absolute Gasteiger partial charge is 0.382 e. The van der Waals surface area contributed by atoms with E-state index in [0.29, 0.717) is 13.0 Å². The maximum atomic E-state index is 12.0. The van der Waals surface area contributed by atoms with Crippen LogP contribution < -0.4 is 0 Å². The minimum atomic E-state index is -4.36. The van der Waals surface area contributed by atoms with Gasteiger partial charge >= 0.3 is 15.4 Å². The molecule has 23 heavy (non-hydrogen) atoms. The molecule has 2 unspecified atom stereocenters. The summed E-state index contributed by atoms with van der Waals surface area (Å²) in [4.78, 5) is 18.7. The molecule has 0 saturated heterocycles. The van der Waals surface area contributed by atoms with Crippen LogP contribution in [0.2, 0.25) is 0 Å². The van der Waals surface area contributed by atoms with Crippen LogP contribution >= 0.6 is 15.4 Å². The van der Waals surface area contributed by atoms with Crippen molar-refractivity contribution < 1.29 is 23.7 Å². The number of allylic oxidation sites excluding steroid dienone is 4. The highest BCUT2D eigenvalue weighted by molar-refractivity contribution is 7.67. The van der Waals surface area contributed by atoms with Gasteiger partial charge in [0.15, 0.2) is 0 Å². The van der Waals surface area contributed by atoms with Crippen LogP contribution in [-0.2, 0) is 13.9 Å². The van der Waals surface area contributed by atoms with Crippen LogP contribution in [0, 0.1) is 0 Å². The Morgan fingerprint density at radius 3 is 2.39 bits per heavy atom. The van der Waals surface area contributed by atoms with E-state index in [1.165, 1.54) is 11.1 Å². The lowest BCUT2D eigenvalue weighted by Gasteiger charge is -2.09. The van der Waals surface area contributed by atoms with Gasteiger partial charge in [0.05, 0.1) is 0 Å². The first kappa shape index (κ1) is 22.7. The number of rotatable bonds is 12. The molecule has 0 aromatic rings. The van der Waals surface area contributed by atoms with Gasteiger partial charge in [-0.1, -0.05) is 27.9 Å². The normalized spacial score (nSPS) is 14.5. The van der Waals surface area contributed by atoms with Gasteiger partial charge in [-0.25, -0.2) is 0 Å². The number of hydrogen-bond acceptors (Lipinski definition) is 3. The third kappa shape index (κ3) is 11.8. The Labute approximate surface area is 141 Å². The predicted octanol–water partition coefficient (Wildman–Crippen LogP) is 5.17. The van der Waals surface area contributed by atoms with Crippen molar-refractivity contribution in [3.8, 4) is 0 Å². The summed E-state index contributed by atoms with van der Waals surface area (Å²) >= 11 is 0. The lowest BCUT2D eigenvalue weighted by molar-refractivity contribution is 0.193. The monoisotopic (exact) mass is 365 g/mol. The SMILES string of the molecule is CCOC[P+](=O)C(CCC/C=C(\C)CCC=C(C)C)P(=O)(O)O. The molecule has 2 atom stereocenters. The molecule has 0 aromatic heterocycles. The van der Waals surface area contributed by atoms with Crippen LogP contribution in [0.1, 0.15) is 59.8 Å². The summed E-state index contributed by atoms with van der Waals surface area (Å²) in [5.41, 5.74) is 2.58. The molecule has 0 radical (unpaired) electrons. The molecular formula is C16H31O5P2+. The van der Waals surface area contributed by atoms with Crippen molar-refractivity contribution in [1.82, 2.24) is 0 Å². The zero-order valence-electron chi connectivity index (χ0n) is 14.7. The Morgan fingerprint density at radius 1 is 1.22 bits per heavy atom. The first-order chi connectivity index (χ1) is 10.7. The molecule has 0 heterocycles. The van der Waals surface area contributed by atoms with Gasteiger partial charge in [-0.3, -0.25) is 4.57 Å².